The van der Waals surface area contributed by atoms with E-state index in [4.69, 9.17) is 0 Å². The standard InChI is InChI=1S/C21H27N3O3S3/c1-6-13(2)10-17-14(3)29-20-18(17)19(25)22-21(23-20)28-12-15-8-7-9-16(11-15)30(26,27)24(4)5/h7-9,11,13H,6,10,12H2,1-5H3,(H,22,23,25)/t13-/m0/s1. The molecule has 0 fully saturated rings. The Hall–Kier alpha value is -1.68. The van der Waals surface area contributed by atoms with Crippen LogP contribution in [0.2, 0.25) is 0 Å². The molecule has 0 radical (unpaired) electrons. The molecule has 6 nitrogen and oxygen atoms in total. The first-order valence-electron chi connectivity index (χ1n) is 9.80. The van der Waals surface area contributed by atoms with Crippen molar-refractivity contribution >= 4 is 43.3 Å². The second kappa shape index (κ2) is 9.21. The van der Waals surface area contributed by atoms with Crippen LogP contribution in [0.15, 0.2) is 39.1 Å². The average Bonchev–Trinajstić information content (AvgIpc) is 3.01. The van der Waals surface area contributed by atoms with Gasteiger partial charge in [0.25, 0.3) is 5.56 Å². The zero-order valence-electron chi connectivity index (χ0n) is 17.9. The van der Waals surface area contributed by atoms with Crippen LogP contribution < -0.4 is 5.56 Å². The van der Waals surface area contributed by atoms with E-state index in [2.05, 4.69) is 23.8 Å². The first-order chi connectivity index (χ1) is 14.1. The summed E-state index contributed by atoms with van der Waals surface area (Å²) in [6, 6.07) is 6.86. The highest BCUT2D eigenvalue weighted by Crippen LogP contribution is 2.31. The molecule has 1 atom stereocenters. The van der Waals surface area contributed by atoms with E-state index in [9.17, 15) is 13.2 Å². The number of hydrogen-bond donors (Lipinski definition) is 1. The number of benzene rings is 1. The highest BCUT2D eigenvalue weighted by molar-refractivity contribution is 7.98. The Morgan fingerprint density at radius 2 is 2.03 bits per heavy atom. The number of rotatable bonds is 8. The number of aromatic amines is 1. The minimum absolute atomic E-state index is 0.103. The van der Waals surface area contributed by atoms with Crippen LogP contribution in [0.1, 0.15) is 36.3 Å². The van der Waals surface area contributed by atoms with Crippen LogP contribution in [0, 0.1) is 12.8 Å². The van der Waals surface area contributed by atoms with Crippen molar-refractivity contribution in [3.63, 3.8) is 0 Å². The highest BCUT2D eigenvalue weighted by Gasteiger charge is 2.18. The fourth-order valence-electron chi connectivity index (χ4n) is 3.12. The van der Waals surface area contributed by atoms with E-state index in [1.165, 1.54) is 30.2 Å². The monoisotopic (exact) mass is 465 g/mol. The zero-order chi connectivity index (χ0) is 22.1. The fraction of sp³-hybridized carbons (Fsp3) is 0.429. The molecule has 9 heteroatoms. The van der Waals surface area contributed by atoms with Crippen LogP contribution in [0.4, 0.5) is 0 Å². The summed E-state index contributed by atoms with van der Waals surface area (Å²) in [7, 11) is -0.454. The number of sulfonamides is 1. The minimum atomic E-state index is -3.48. The molecule has 0 amide bonds. The maximum absolute atomic E-state index is 12.8. The molecule has 0 unspecified atom stereocenters. The molecular formula is C21H27N3O3S3. The third-order valence-corrected chi connectivity index (χ3v) is 8.94. The molecule has 3 rings (SSSR count). The molecule has 2 heterocycles. The summed E-state index contributed by atoms with van der Waals surface area (Å²) in [5.41, 5.74) is 1.86. The largest absolute Gasteiger partial charge is 0.301 e. The van der Waals surface area contributed by atoms with E-state index in [0.717, 1.165) is 33.7 Å². The predicted molar refractivity (Wildman–Crippen MR) is 125 cm³/mol. The van der Waals surface area contributed by atoms with E-state index in [1.54, 1.807) is 29.5 Å². The molecule has 162 valence electrons. The number of thiophene rings is 1. The summed E-state index contributed by atoms with van der Waals surface area (Å²) in [5, 5.41) is 1.26. The number of aromatic nitrogens is 2. The number of fused-ring (bicyclic) bond motifs is 1. The fourth-order valence-corrected chi connectivity index (χ4v) is 6.01. The lowest BCUT2D eigenvalue weighted by atomic mass is 9.98. The Kier molecular flexibility index (Phi) is 7.06. The molecule has 0 saturated carbocycles. The van der Waals surface area contributed by atoms with Crippen LogP contribution >= 0.6 is 23.1 Å². The quantitative estimate of drug-likeness (QED) is 0.393. The minimum Gasteiger partial charge on any atom is -0.301 e. The number of H-pyrrole nitrogens is 1. The second-order valence-corrected chi connectivity index (χ2v) is 11.9. The van der Waals surface area contributed by atoms with Gasteiger partial charge < -0.3 is 4.98 Å². The Morgan fingerprint density at radius 1 is 1.30 bits per heavy atom. The van der Waals surface area contributed by atoms with Crippen LogP contribution in [-0.2, 0) is 22.2 Å². The molecule has 0 aliphatic heterocycles. The van der Waals surface area contributed by atoms with Crippen molar-refractivity contribution in [2.45, 2.75) is 49.4 Å². The van der Waals surface area contributed by atoms with Crippen molar-refractivity contribution in [2.75, 3.05) is 14.1 Å². The molecule has 3 aromatic rings. The molecule has 0 saturated heterocycles. The molecule has 0 bridgehead atoms. The van der Waals surface area contributed by atoms with Crippen molar-refractivity contribution in [2.24, 2.45) is 5.92 Å². The van der Waals surface area contributed by atoms with Crippen molar-refractivity contribution in [1.29, 1.82) is 0 Å². The summed E-state index contributed by atoms with van der Waals surface area (Å²) in [4.78, 5) is 22.5. The van der Waals surface area contributed by atoms with Gasteiger partial charge in [-0.25, -0.2) is 17.7 Å². The normalized spacial score (nSPS) is 13.3. The van der Waals surface area contributed by atoms with Crippen LogP contribution in [0.25, 0.3) is 10.2 Å². The maximum atomic E-state index is 12.8. The van der Waals surface area contributed by atoms with Gasteiger partial charge in [0.05, 0.1) is 10.3 Å². The molecule has 30 heavy (non-hydrogen) atoms. The van der Waals surface area contributed by atoms with Gasteiger partial charge in [0.15, 0.2) is 5.16 Å². The number of nitrogens with zero attached hydrogens (tertiary/aromatic N) is 2. The van der Waals surface area contributed by atoms with Gasteiger partial charge in [0.1, 0.15) is 4.83 Å². The lowest BCUT2D eigenvalue weighted by molar-refractivity contribution is 0.520. The molecular weight excluding hydrogens is 438 g/mol. The topological polar surface area (TPSA) is 83.1 Å². The number of thioether (sulfide) groups is 1. The number of hydrogen-bond acceptors (Lipinski definition) is 6. The third kappa shape index (κ3) is 4.80. The van der Waals surface area contributed by atoms with E-state index < -0.39 is 10.0 Å². The van der Waals surface area contributed by atoms with Gasteiger partial charge in [0.2, 0.25) is 10.0 Å². The lowest BCUT2D eigenvalue weighted by Crippen LogP contribution is -2.22. The summed E-state index contributed by atoms with van der Waals surface area (Å²) >= 11 is 2.96. The number of nitrogens with one attached hydrogen (secondary N) is 1. The van der Waals surface area contributed by atoms with Gasteiger partial charge >= 0.3 is 0 Å². The molecule has 0 spiro atoms. The zero-order valence-corrected chi connectivity index (χ0v) is 20.3. The average molecular weight is 466 g/mol. The van der Waals surface area contributed by atoms with Crippen molar-refractivity contribution in [3.05, 3.63) is 50.6 Å². The maximum Gasteiger partial charge on any atom is 0.260 e. The van der Waals surface area contributed by atoms with Gasteiger partial charge in [-0.1, -0.05) is 44.2 Å². The molecule has 0 aliphatic carbocycles. The van der Waals surface area contributed by atoms with Crippen molar-refractivity contribution in [1.82, 2.24) is 14.3 Å². The van der Waals surface area contributed by atoms with Gasteiger partial charge in [-0.3, -0.25) is 4.79 Å². The molecule has 1 aromatic carbocycles. The van der Waals surface area contributed by atoms with Crippen LogP contribution in [-0.4, -0.2) is 36.8 Å². The molecule has 2 aromatic heterocycles. The van der Waals surface area contributed by atoms with E-state index in [1.807, 2.05) is 13.0 Å². The Labute approximate surface area is 185 Å². The van der Waals surface area contributed by atoms with Gasteiger partial charge in [0, 0.05) is 24.7 Å². The summed E-state index contributed by atoms with van der Waals surface area (Å²) < 4.78 is 25.9. The Bertz CT molecular complexity index is 1210. The van der Waals surface area contributed by atoms with E-state index in [0.29, 0.717) is 22.2 Å². The SMILES string of the molecule is CC[C@H](C)Cc1c(C)sc2nc(SCc3cccc(S(=O)(=O)N(C)C)c3)[nH]c(=O)c12. The van der Waals surface area contributed by atoms with E-state index >= 15 is 0 Å². The Balaban J connectivity index is 1.85. The molecule has 1 N–H and O–H groups in total. The first kappa shape index (κ1) is 23.0. The van der Waals surface area contributed by atoms with Crippen molar-refractivity contribution < 1.29 is 8.42 Å². The smallest absolute Gasteiger partial charge is 0.260 e. The van der Waals surface area contributed by atoms with Crippen molar-refractivity contribution in [3.8, 4) is 0 Å². The predicted octanol–water partition coefficient (Wildman–Crippen LogP) is 4.42. The van der Waals surface area contributed by atoms with Gasteiger partial charge in [-0.05, 0) is 42.5 Å². The summed E-state index contributed by atoms with van der Waals surface area (Å²) in [5.74, 6) is 1.02. The van der Waals surface area contributed by atoms with Crippen LogP contribution in [0.3, 0.4) is 0 Å². The van der Waals surface area contributed by atoms with Gasteiger partial charge in [-0.2, -0.15) is 0 Å². The number of aryl methyl sites for hydroxylation is 1. The van der Waals surface area contributed by atoms with Crippen LogP contribution in [0.5, 0.6) is 0 Å². The summed E-state index contributed by atoms with van der Waals surface area (Å²) in [6.45, 7) is 6.40. The van der Waals surface area contributed by atoms with E-state index in [-0.39, 0.29) is 10.5 Å². The summed E-state index contributed by atoms with van der Waals surface area (Å²) in [6.07, 6.45) is 1.95. The van der Waals surface area contributed by atoms with Gasteiger partial charge in [-0.15, -0.1) is 11.3 Å². The Morgan fingerprint density at radius 3 is 2.70 bits per heavy atom. The lowest BCUT2D eigenvalue weighted by Gasteiger charge is -2.12. The second-order valence-electron chi connectivity index (χ2n) is 7.63. The molecule has 0 aliphatic rings. The first-order valence-corrected chi connectivity index (χ1v) is 13.0. The third-order valence-electron chi connectivity index (χ3n) is 5.14. The highest BCUT2D eigenvalue weighted by atomic mass is 32.2.